The topological polar surface area (TPSA) is 63.2 Å². The zero-order chi connectivity index (χ0) is 14.8. The molecular weight excluding hydrogens is 274 g/mol. The van der Waals surface area contributed by atoms with Crippen LogP contribution in [0.1, 0.15) is 38.2 Å². The van der Waals surface area contributed by atoms with E-state index in [4.69, 9.17) is 0 Å². The van der Waals surface area contributed by atoms with E-state index < -0.39 is 9.84 Å². The summed E-state index contributed by atoms with van der Waals surface area (Å²) in [5.74, 6) is 0.684. The van der Waals surface area contributed by atoms with Gasteiger partial charge in [-0.3, -0.25) is 4.79 Å². The molecule has 1 aromatic carbocycles. The van der Waals surface area contributed by atoms with Gasteiger partial charge in [0, 0.05) is 12.1 Å². The minimum Gasteiger partial charge on any atom is -0.326 e. The van der Waals surface area contributed by atoms with E-state index in [9.17, 15) is 13.2 Å². The van der Waals surface area contributed by atoms with Gasteiger partial charge >= 0.3 is 0 Å². The second-order valence-electron chi connectivity index (χ2n) is 5.80. The highest BCUT2D eigenvalue weighted by Gasteiger charge is 2.29. The Hall–Kier alpha value is -1.36. The lowest BCUT2D eigenvalue weighted by atomic mass is 10.0. The first-order chi connectivity index (χ1) is 9.35. The van der Waals surface area contributed by atoms with Crippen molar-refractivity contribution in [3.8, 4) is 0 Å². The van der Waals surface area contributed by atoms with Crippen molar-refractivity contribution < 1.29 is 13.2 Å². The van der Waals surface area contributed by atoms with Gasteiger partial charge in [0.25, 0.3) is 0 Å². The Morgan fingerprint density at radius 3 is 2.45 bits per heavy atom. The van der Waals surface area contributed by atoms with Gasteiger partial charge in [0.1, 0.15) is 0 Å². The fourth-order valence-electron chi connectivity index (χ4n) is 2.46. The Morgan fingerprint density at radius 1 is 1.30 bits per heavy atom. The molecule has 1 amide bonds. The lowest BCUT2D eigenvalue weighted by molar-refractivity contribution is -0.116. The monoisotopic (exact) mass is 295 g/mol. The van der Waals surface area contributed by atoms with Crippen LogP contribution in [0.3, 0.4) is 0 Å². The predicted octanol–water partition coefficient (Wildman–Crippen LogP) is 2.57. The van der Waals surface area contributed by atoms with E-state index in [1.807, 2.05) is 24.3 Å². The summed E-state index contributed by atoms with van der Waals surface area (Å²) >= 11 is 0. The molecule has 0 bridgehead atoms. The number of carbonyl (C=O) groups is 1. The minimum absolute atomic E-state index is 0.0325. The van der Waals surface area contributed by atoms with E-state index in [2.05, 4.69) is 19.2 Å². The first kappa shape index (κ1) is 15.0. The number of carbonyl (C=O) groups excluding carboxylic acids is 1. The molecule has 1 saturated heterocycles. The molecule has 20 heavy (non-hydrogen) atoms. The summed E-state index contributed by atoms with van der Waals surface area (Å²) in [4.78, 5) is 11.9. The smallest absolute Gasteiger partial charge is 0.224 e. The van der Waals surface area contributed by atoms with Gasteiger partial charge in [0.05, 0.1) is 11.5 Å². The van der Waals surface area contributed by atoms with Crippen molar-refractivity contribution in [2.75, 3.05) is 16.8 Å². The molecule has 0 spiro atoms. The van der Waals surface area contributed by atoms with Gasteiger partial charge in [-0.05, 0) is 36.0 Å². The number of rotatable bonds is 4. The van der Waals surface area contributed by atoms with Crippen LogP contribution in [-0.2, 0) is 14.6 Å². The van der Waals surface area contributed by atoms with Crippen LogP contribution >= 0.6 is 0 Å². The third-order valence-corrected chi connectivity index (χ3v) is 5.50. The summed E-state index contributed by atoms with van der Waals surface area (Å²) in [6, 6.07) is 7.78. The summed E-state index contributed by atoms with van der Waals surface area (Å²) in [5.41, 5.74) is 1.99. The molecule has 0 radical (unpaired) electrons. The van der Waals surface area contributed by atoms with E-state index in [-0.39, 0.29) is 29.8 Å². The highest BCUT2D eigenvalue weighted by atomic mass is 32.2. The SMILES string of the molecule is CC(C)c1ccc(NC(=O)C[C@H]2CCS(=O)(=O)C2)cc1. The predicted molar refractivity (Wildman–Crippen MR) is 80.5 cm³/mol. The van der Waals surface area contributed by atoms with Gasteiger partial charge in [0.15, 0.2) is 9.84 Å². The first-order valence-corrected chi connectivity index (χ1v) is 8.78. The van der Waals surface area contributed by atoms with Crippen LogP contribution < -0.4 is 5.32 Å². The van der Waals surface area contributed by atoms with Crippen molar-refractivity contribution in [3.63, 3.8) is 0 Å². The molecular formula is C15H21NO3S. The van der Waals surface area contributed by atoms with Crippen LogP contribution in [0.2, 0.25) is 0 Å². The third-order valence-electron chi connectivity index (χ3n) is 3.66. The number of anilines is 1. The molecule has 4 nitrogen and oxygen atoms in total. The number of sulfone groups is 1. The molecule has 0 unspecified atom stereocenters. The van der Waals surface area contributed by atoms with E-state index >= 15 is 0 Å². The molecule has 110 valence electrons. The van der Waals surface area contributed by atoms with Crippen molar-refractivity contribution in [3.05, 3.63) is 29.8 Å². The fraction of sp³-hybridized carbons (Fsp3) is 0.533. The van der Waals surface area contributed by atoms with Crippen molar-refractivity contribution in [2.24, 2.45) is 5.92 Å². The van der Waals surface area contributed by atoms with Gasteiger partial charge in [0.2, 0.25) is 5.91 Å². The standard InChI is InChI=1S/C15H21NO3S/c1-11(2)13-3-5-14(6-4-13)16-15(17)9-12-7-8-20(18,19)10-12/h3-6,11-12H,7-10H2,1-2H3,(H,16,17)/t12-/m1/s1. The van der Waals surface area contributed by atoms with Crippen LogP contribution in [0.25, 0.3) is 0 Å². The Kier molecular flexibility index (Phi) is 4.48. The van der Waals surface area contributed by atoms with Crippen LogP contribution in [0.4, 0.5) is 5.69 Å². The van der Waals surface area contributed by atoms with Crippen LogP contribution in [0.15, 0.2) is 24.3 Å². The average molecular weight is 295 g/mol. The third kappa shape index (κ3) is 4.07. The second kappa shape index (κ2) is 5.95. The largest absolute Gasteiger partial charge is 0.326 e. The molecule has 0 aromatic heterocycles. The van der Waals surface area contributed by atoms with E-state index in [1.165, 1.54) is 5.56 Å². The Morgan fingerprint density at radius 2 is 1.95 bits per heavy atom. The van der Waals surface area contributed by atoms with Gasteiger partial charge < -0.3 is 5.32 Å². The number of nitrogens with one attached hydrogen (secondary N) is 1. The number of benzene rings is 1. The minimum atomic E-state index is -2.91. The van der Waals surface area contributed by atoms with Crippen molar-refractivity contribution in [2.45, 2.75) is 32.6 Å². The summed E-state index contributed by atoms with van der Waals surface area (Å²) < 4.78 is 22.7. The Labute approximate surface area is 120 Å². The van der Waals surface area contributed by atoms with E-state index in [1.54, 1.807) is 0 Å². The Balaban J connectivity index is 1.88. The van der Waals surface area contributed by atoms with Crippen LogP contribution in [-0.4, -0.2) is 25.8 Å². The van der Waals surface area contributed by atoms with Gasteiger partial charge in [-0.15, -0.1) is 0 Å². The molecule has 2 rings (SSSR count). The van der Waals surface area contributed by atoms with Crippen LogP contribution in [0, 0.1) is 5.92 Å². The number of hydrogen-bond acceptors (Lipinski definition) is 3. The summed E-state index contributed by atoms with van der Waals surface area (Å²) in [7, 11) is -2.91. The summed E-state index contributed by atoms with van der Waals surface area (Å²) in [5, 5.41) is 2.83. The van der Waals surface area contributed by atoms with Crippen molar-refractivity contribution in [1.29, 1.82) is 0 Å². The highest BCUT2D eigenvalue weighted by molar-refractivity contribution is 7.91. The molecule has 1 heterocycles. The molecule has 1 atom stereocenters. The zero-order valence-corrected chi connectivity index (χ0v) is 12.7. The van der Waals surface area contributed by atoms with Gasteiger partial charge in [-0.1, -0.05) is 26.0 Å². The van der Waals surface area contributed by atoms with E-state index in [0.29, 0.717) is 12.3 Å². The lowest BCUT2D eigenvalue weighted by Crippen LogP contribution is -2.17. The normalized spacial score (nSPS) is 21.1. The molecule has 1 aliphatic heterocycles. The summed E-state index contributed by atoms with van der Waals surface area (Å²) in [6.45, 7) is 4.24. The molecule has 1 fully saturated rings. The first-order valence-electron chi connectivity index (χ1n) is 6.96. The lowest BCUT2D eigenvalue weighted by Gasteiger charge is -2.10. The fourth-order valence-corrected chi connectivity index (χ4v) is 4.32. The molecule has 5 heteroatoms. The molecule has 1 N–H and O–H groups in total. The Bertz CT molecular complexity index is 576. The number of amides is 1. The molecule has 0 saturated carbocycles. The highest BCUT2D eigenvalue weighted by Crippen LogP contribution is 2.22. The van der Waals surface area contributed by atoms with Crippen molar-refractivity contribution >= 4 is 21.4 Å². The zero-order valence-electron chi connectivity index (χ0n) is 11.9. The molecule has 0 aliphatic carbocycles. The van der Waals surface area contributed by atoms with Gasteiger partial charge in [-0.25, -0.2) is 8.42 Å². The quantitative estimate of drug-likeness (QED) is 0.928. The molecule has 1 aromatic rings. The maximum atomic E-state index is 11.9. The number of hydrogen-bond donors (Lipinski definition) is 1. The van der Waals surface area contributed by atoms with E-state index in [0.717, 1.165) is 5.69 Å². The average Bonchev–Trinajstić information content (AvgIpc) is 2.69. The maximum Gasteiger partial charge on any atom is 0.224 e. The maximum absolute atomic E-state index is 11.9. The second-order valence-corrected chi connectivity index (χ2v) is 8.03. The molecule has 1 aliphatic rings. The van der Waals surface area contributed by atoms with Gasteiger partial charge in [-0.2, -0.15) is 0 Å². The summed E-state index contributed by atoms with van der Waals surface area (Å²) in [6.07, 6.45) is 0.882. The van der Waals surface area contributed by atoms with Crippen molar-refractivity contribution in [1.82, 2.24) is 0 Å². The van der Waals surface area contributed by atoms with Crippen LogP contribution in [0.5, 0.6) is 0 Å².